The van der Waals surface area contributed by atoms with E-state index >= 15 is 0 Å². The van der Waals surface area contributed by atoms with Crippen LogP contribution in [0.1, 0.15) is 24.3 Å². The quantitative estimate of drug-likeness (QED) is 0.267. The highest BCUT2D eigenvalue weighted by atomic mass is 35.5. The fourth-order valence-corrected chi connectivity index (χ4v) is 4.41. The average Bonchev–Trinajstić information content (AvgIpc) is 2.77. The van der Waals surface area contributed by atoms with Crippen molar-refractivity contribution in [2.45, 2.75) is 25.2 Å². The number of carbonyl (C=O) groups is 3. The summed E-state index contributed by atoms with van der Waals surface area (Å²) in [7, 11) is 1.54. The smallest absolute Gasteiger partial charge is 0.255 e. The lowest BCUT2D eigenvalue weighted by Crippen LogP contribution is -2.46. The van der Waals surface area contributed by atoms with Gasteiger partial charge in [0.05, 0.1) is 28.9 Å². The van der Waals surface area contributed by atoms with Gasteiger partial charge in [-0.25, -0.2) is 8.78 Å². The molecule has 0 bridgehead atoms. The second-order valence-corrected chi connectivity index (χ2v) is 8.42. The Morgan fingerprint density at radius 3 is 2.64 bits per heavy atom. The first kappa shape index (κ1) is 24.7. The monoisotopic (exact) mass is 480 g/mol. The Morgan fingerprint density at radius 2 is 2.00 bits per heavy atom. The van der Waals surface area contributed by atoms with Crippen LogP contribution in [0.2, 0.25) is 5.02 Å². The van der Waals surface area contributed by atoms with Gasteiger partial charge in [-0.1, -0.05) is 23.7 Å². The van der Waals surface area contributed by atoms with Crippen LogP contribution in [0.3, 0.4) is 0 Å². The molecule has 2 amide bonds. The topological polar surface area (TPSA) is 73.0 Å². The zero-order valence-electron chi connectivity index (χ0n) is 18.3. The fraction of sp³-hybridized carbons (Fsp3) is 0.435. The number of aldehydes is 1. The lowest BCUT2D eigenvalue weighted by molar-refractivity contribution is -0.134. The van der Waals surface area contributed by atoms with Crippen LogP contribution in [0.5, 0.6) is 0 Å². The van der Waals surface area contributed by atoms with Gasteiger partial charge in [0.1, 0.15) is 0 Å². The first-order chi connectivity index (χ1) is 15.8. The van der Waals surface area contributed by atoms with Crippen LogP contribution in [0.15, 0.2) is 42.2 Å². The molecule has 0 saturated carbocycles. The van der Waals surface area contributed by atoms with Gasteiger partial charge in [0.15, 0.2) is 6.29 Å². The number of hydrogen-bond acceptors (Lipinski definition) is 6. The van der Waals surface area contributed by atoms with E-state index in [1.165, 1.54) is 11.1 Å². The van der Waals surface area contributed by atoms with Gasteiger partial charge >= 0.3 is 0 Å². The minimum Gasteiger partial charge on any atom is -0.375 e. The van der Waals surface area contributed by atoms with Crippen LogP contribution in [0, 0.1) is 0 Å². The van der Waals surface area contributed by atoms with E-state index in [0.29, 0.717) is 48.9 Å². The van der Waals surface area contributed by atoms with Crippen molar-refractivity contribution < 1.29 is 23.2 Å². The molecule has 1 atom stereocenters. The van der Waals surface area contributed by atoms with E-state index in [1.54, 1.807) is 19.2 Å². The molecule has 33 heavy (non-hydrogen) atoms. The van der Waals surface area contributed by atoms with E-state index < -0.39 is 12.3 Å². The van der Waals surface area contributed by atoms with Gasteiger partial charge < -0.3 is 14.7 Å². The number of allylic oxidation sites excluding steroid dienone is 3. The molecule has 2 saturated heterocycles. The number of hydrogen-bond donors (Lipinski definition) is 1. The highest BCUT2D eigenvalue weighted by Gasteiger charge is 2.31. The number of carbonyl (C=O) groups excluding carboxylic acids is 3. The van der Waals surface area contributed by atoms with Crippen molar-refractivity contribution >= 4 is 35.4 Å². The third-order valence-corrected chi connectivity index (χ3v) is 6.17. The molecule has 1 unspecified atom stereocenters. The lowest BCUT2D eigenvalue weighted by Gasteiger charge is -2.38. The maximum Gasteiger partial charge on any atom is 0.255 e. The molecule has 1 aromatic rings. The van der Waals surface area contributed by atoms with Crippen LogP contribution >= 0.6 is 11.6 Å². The highest BCUT2D eigenvalue weighted by molar-refractivity contribution is 6.34. The van der Waals surface area contributed by atoms with Crippen molar-refractivity contribution in [3.63, 3.8) is 0 Å². The molecule has 1 N–H and O–H groups in total. The number of piperazine rings is 1. The first-order valence-corrected chi connectivity index (χ1v) is 11.1. The van der Waals surface area contributed by atoms with Crippen molar-refractivity contribution in [2.75, 3.05) is 44.7 Å². The van der Waals surface area contributed by atoms with Gasteiger partial charge in [0.2, 0.25) is 11.8 Å². The van der Waals surface area contributed by atoms with Gasteiger partial charge in [-0.05, 0) is 36.4 Å². The standard InChI is InChI=1S/C23H27ClF2N4O3/c1-28(14-20(25)26)9-3-4-16(15-31)29-10-12-30(13-11-29)19-6-2-5-17(22(19)24)18-7-8-21(32)27-23(18)33/h2-6,9,15,18,20H,7-8,10-14H2,1H3,(H,27,32,33)/b9-3-,16-4+. The summed E-state index contributed by atoms with van der Waals surface area (Å²) in [4.78, 5) is 40.7. The third-order valence-electron chi connectivity index (χ3n) is 5.76. The minimum atomic E-state index is -2.43. The van der Waals surface area contributed by atoms with E-state index in [9.17, 15) is 23.2 Å². The molecule has 3 rings (SSSR count). The summed E-state index contributed by atoms with van der Waals surface area (Å²) in [6.45, 7) is 1.99. The van der Waals surface area contributed by atoms with E-state index in [0.717, 1.165) is 12.0 Å². The van der Waals surface area contributed by atoms with Crippen molar-refractivity contribution in [1.82, 2.24) is 15.1 Å². The lowest BCUT2D eigenvalue weighted by atomic mass is 9.90. The van der Waals surface area contributed by atoms with E-state index in [-0.39, 0.29) is 24.8 Å². The van der Waals surface area contributed by atoms with E-state index in [4.69, 9.17) is 11.6 Å². The largest absolute Gasteiger partial charge is 0.375 e. The van der Waals surface area contributed by atoms with Gasteiger partial charge in [0.25, 0.3) is 6.43 Å². The van der Waals surface area contributed by atoms with Crippen molar-refractivity contribution in [3.8, 4) is 0 Å². The number of halogens is 3. The third kappa shape index (κ3) is 6.31. The molecule has 2 heterocycles. The summed E-state index contributed by atoms with van der Waals surface area (Å²) in [5.74, 6) is -1.06. The Morgan fingerprint density at radius 1 is 1.27 bits per heavy atom. The first-order valence-electron chi connectivity index (χ1n) is 10.7. The molecule has 0 spiro atoms. The zero-order chi connectivity index (χ0) is 24.0. The molecular formula is C23H27ClF2N4O3. The predicted octanol–water partition coefficient (Wildman–Crippen LogP) is 2.78. The molecule has 0 aromatic heterocycles. The average molecular weight is 481 g/mol. The van der Waals surface area contributed by atoms with Gasteiger partial charge in [-0.3, -0.25) is 19.7 Å². The van der Waals surface area contributed by atoms with Crippen molar-refractivity contribution in [3.05, 3.63) is 52.8 Å². The normalized spacial score (nSPS) is 19.9. The van der Waals surface area contributed by atoms with Crippen LogP contribution in [0.4, 0.5) is 14.5 Å². The molecule has 2 aliphatic heterocycles. The second-order valence-electron chi connectivity index (χ2n) is 8.04. The number of benzene rings is 1. The second kappa shape index (κ2) is 11.3. The minimum absolute atomic E-state index is 0.269. The summed E-state index contributed by atoms with van der Waals surface area (Å²) in [6.07, 6.45) is 3.73. The highest BCUT2D eigenvalue weighted by Crippen LogP contribution is 2.37. The molecule has 1 aromatic carbocycles. The Bertz CT molecular complexity index is 946. The zero-order valence-corrected chi connectivity index (χ0v) is 19.1. The maximum absolute atomic E-state index is 12.4. The molecule has 178 valence electrons. The van der Waals surface area contributed by atoms with E-state index in [2.05, 4.69) is 10.2 Å². The number of nitrogens with one attached hydrogen (secondary N) is 1. The predicted molar refractivity (Wildman–Crippen MR) is 122 cm³/mol. The van der Waals surface area contributed by atoms with Crippen LogP contribution in [0.25, 0.3) is 0 Å². The van der Waals surface area contributed by atoms with Gasteiger partial charge in [-0.2, -0.15) is 0 Å². The Balaban J connectivity index is 1.65. The number of rotatable bonds is 8. The van der Waals surface area contributed by atoms with Crippen molar-refractivity contribution in [2.24, 2.45) is 0 Å². The molecule has 10 heteroatoms. The number of nitrogens with zero attached hydrogens (tertiary/aromatic N) is 3. The summed E-state index contributed by atoms with van der Waals surface area (Å²) >= 11 is 6.68. The Kier molecular flexibility index (Phi) is 8.43. The van der Waals surface area contributed by atoms with Crippen LogP contribution < -0.4 is 10.2 Å². The summed E-state index contributed by atoms with van der Waals surface area (Å²) in [5.41, 5.74) is 1.98. The molecular weight excluding hydrogens is 454 g/mol. The van der Waals surface area contributed by atoms with E-state index in [1.807, 2.05) is 23.1 Å². The molecule has 0 radical (unpaired) electrons. The number of amides is 2. The molecule has 0 aliphatic carbocycles. The van der Waals surface area contributed by atoms with Gasteiger partial charge in [0, 0.05) is 39.6 Å². The molecule has 2 fully saturated rings. The fourth-order valence-electron chi connectivity index (χ4n) is 4.03. The Labute approximate surface area is 196 Å². The van der Waals surface area contributed by atoms with Crippen LogP contribution in [-0.2, 0) is 14.4 Å². The summed E-state index contributed by atoms with van der Waals surface area (Å²) in [5, 5.41) is 2.87. The number of imide groups is 1. The number of piperidine rings is 1. The SMILES string of the molecule is CN(/C=C\C=C(/C=O)N1CCN(c2cccc(C3CCC(=O)NC3=O)c2Cl)CC1)CC(F)F. The number of alkyl halides is 2. The summed E-state index contributed by atoms with van der Waals surface area (Å²) < 4.78 is 24.8. The van der Waals surface area contributed by atoms with Crippen molar-refractivity contribution in [1.29, 1.82) is 0 Å². The van der Waals surface area contributed by atoms with Crippen LogP contribution in [-0.4, -0.2) is 74.1 Å². The summed E-state index contributed by atoms with van der Waals surface area (Å²) in [6, 6.07) is 5.56. The maximum atomic E-state index is 12.4. The Hall–Kier alpha value is -2.94. The van der Waals surface area contributed by atoms with Gasteiger partial charge in [-0.15, -0.1) is 0 Å². The molecule has 7 nitrogen and oxygen atoms in total. The molecule has 2 aliphatic rings. The number of anilines is 1.